The summed E-state index contributed by atoms with van der Waals surface area (Å²) in [6.45, 7) is 0.639. The number of ether oxygens (including phenoxy) is 1. The average molecular weight is 272 g/mol. The molecule has 0 atom stereocenters. The molecule has 0 saturated heterocycles. The number of nitrogens with one attached hydrogen (secondary N) is 1. The van der Waals surface area contributed by atoms with Gasteiger partial charge in [0.05, 0.1) is 6.61 Å². The van der Waals surface area contributed by atoms with Crippen LogP contribution in [0.5, 0.6) is 5.75 Å². The topological polar surface area (TPSA) is 47.3 Å². The molecule has 0 spiro atoms. The first-order valence-electron chi connectivity index (χ1n) is 6.07. The van der Waals surface area contributed by atoms with Gasteiger partial charge in [0, 0.05) is 18.2 Å². The predicted molar refractivity (Wildman–Crippen MR) is 82.5 cm³/mol. The van der Waals surface area contributed by atoms with Crippen LogP contribution >= 0.6 is 12.2 Å². The standard InChI is InChI=1S/C15H16N2OS/c16-15(19)17-13-7-4-8-14(11-13)18-10-9-12-5-2-1-3-6-12/h1-8,11H,9-10H2,(H3,16,17,19). The van der Waals surface area contributed by atoms with E-state index in [1.807, 2.05) is 42.5 Å². The third-order valence-electron chi connectivity index (χ3n) is 2.60. The van der Waals surface area contributed by atoms with E-state index in [2.05, 4.69) is 17.4 Å². The zero-order valence-electron chi connectivity index (χ0n) is 10.5. The molecule has 4 heteroatoms. The third-order valence-corrected chi connectivity index (χ3v) is 2.71. The van der Waals surface area contributed by atoms with Gasteiger partial charge < -0.3 is 15.8 Å². The molecule has 2 aromatic carbocycles. The van der Waals surface area contributed by atoms with E-state index in [1.54, 1.807) is 0 Å². The van der Waals surface area contributed by atoms with Gasteiger partial charge >= 0.3 is 0 Å². The minimum Gasteiger partial charge on any atom is -0.493 e. The molecule has 0 fully saturated rings. The summed E-state index contributed by atoms with van der Waals surface area (Å²) in [6, 6.07) is 17.8. The third kappa shape index (κ3) is 4.60. The van der Waals surface area contributed by atoms with Crippen molar-refractivity contribution in [3.05, 3.63) is 60.2 Å². The van der Waals surface area contributed by atoms with Crippen LogP contribution in [0.15, 0.2) is 54.6 Å². The van der Waals surface area contributed by atoms with Crippen molar-refractivity contribution in [3.63, 3.8) is 0 Å². The maximum absolute atomic E-state index is 5.71. The quantitative estimate of drug-likeness (QED) is 0.822. The Morgan fingerprint density at radius 1 is 1.11 bits per heavy atom. The van der Waals surface area contributed by atoms with Gasteiger partial charge in [0.15, 0.2) is 5.11 Å². The van der Waals surface area contributed by atoms with Crippen LogP contribution in [0, 0.1) is 0 Å². The van der Waals surface area contributed by atoms with E-state index in [4.69, 9.17) is 22.7 Å². The summed E-state index contributed by atoms with van der Waals surface area (Å²) in [6.07, 6.45) is 0.883. The number of hydrogen-bond donors (Lipinski definition) is 2. The monoisotopic (exact) mass is 272 g/mol. The fraction of sp³-hybridized carbons (Fsp3) is 0.133. The van der Waals surface area contributed by atoms with Crippen molar-refractivity contribution in [2.75, 3.05) is 11.9 Å². The fourth-order valence-electron chi connectivity index (χ4n) is 1.74. The average Bonchev–Trinajstić information content (AvgIpc) is 2.40. The van der Waals surface area contributed by atoms with E-state index in [0.29, 0.717) is 6.61 Å². The molecule has 98 valence electrons. The van der Waals surface area contributed by atoms with Gasteiger partial charge in [-0.2, -0.15) is 0 Å². The van der Waals surface area contributed by atoms with Gasteiger partial charge in [-0.25, -0.2) is 0 Å². The number of anilines is 1. The minimum absolute atomic E-state index is 0.251. The molecule has 2 aromatic rings. The molecule has 0 aliphatic rings. The summed E-state index contributed by atoms with van der Waals surface area (Å²) >= 11 is 4.80. The minimum atomic E-state index is 0.251. The van der Waals surface area contributed by atoms with Crippen molar-refractivity contribution in [2.45, 2.75) is 6.42 Å². The van der Waals surface area contributed by atoms with Gasteiger partial charge in [-0.1, -0.05) is 36.4 Å². The molecule has 0 radical (unpaired) electrons. The highest BCUT2D eigenvalue weighted by atomic mass is 32.1. The Morgan fingerprint density at radius 2 is 1.89 bits per heavy atom. The van der Waals surface area contributed by atoms with Gasteiger partial charge in [-0.3, -0.25) is 0 Å². The first-order valence-corrected chi connectivity index (χ1v) is 6.48. The molecule has 0 bridgehead atoms. The van der Waals surface area contributed by atoms with Crippen molar-refractivity contribution in [1.82, 2.24) is 0 Å². The van der Waals surface area contributed by atoms with E-state index in [1.165, 1.54) is 5.56 Å². The van der Waals surface area contributed by atoms with E-state index < -0.39 is 0 Å². The van der Waals surface area contributed by atoms with Gasteiger partial charge in [0.25, 0.3) is 0 Å². The lowest BCUT2D eigenvalue weighted by molar-refractivity contribution is 0.322. The molecular formula is C15H16N2OS. The zero-order valence-corrected chi connectivity index (χ0v) is 11.3. The second-order valence-electron chi connectivity index (χ2n) is 4.10. The van der Waals surface area contributed by atoms with Crippen molar-refractivity contribution in [1.29, 1.82) is 0 Å². The van der Waals surface area contributed by atoms with Crippen LogP contribution < -0.4 is 15.8 Å². The summed E-state index contributed by atoms with van der Waals surface area (Å²) in [5.74, 6) is 0.803. The molecule has 0 unspecified atom stereocenters. The summed E-state index contributed by atoms with van der Waals surface area (Å²) < 4.78 is 5.71. The Kier molecular flexibility index (Phi) is 4.75. The molecule has 0 heterocycles. The highest BCUT2D eigenvalue weighted by Crippen LogP contribution is 2.17. The lowest BCUT2D eigenvalue weighted by atomic mass is 10.2. The summed E-state index contributed by atoms with van der Waals surface area (Å²) in [5, 5.41) is 3.13. The highest BCUT2D eigenvalue weighted by Gasteiger charge is 1.98. The SMILES string of the molecule is NC(=S)Nc1cccc(OCCc2ccccc2)c1. The van der Waals surface area contributed by atoms with Crippen molar-refractivity contribution in [3.8, 4) is 5.75 Å². The molecule has 0 aliphatic heterocycles. The summed E-state index contributed by atoms with van der Waals surface area (Å²) in [4.78, 5) is 0. The molecule has 0 aromatic heterocycles. The lowest BCUT2D eigenvalue weighted by Crippen LogP contribution is -2.18. The normalized spacial score (nSPS) is 9.89. The largest absolute Gasteiger partial charge is 0.493 e. The van der Waals surface area contributed by atoms with E-state index in [0.717, 1.165) is 17.9 Å². The first kappa shape index (κ1) is 13.4. The smallest absolute Gasteiger partial charge is 0.168 e. The molecule has 0 aliphatic carbocycles. The Morgan fingerprint density at radius 3 is 2.63 bits per heavy atom. The fourth-order valence-corrected chi connectivity index (χ4v) is 1.86. The number of hydrogen-bond acceptors (Lipinski definition) is 2. The van der Waals surface area contributed by atoms with Crippen LogP contribution in [0.3, 0.4) is 0 Å². The maximum Gasteiger partial charge on any atom is 0.168 e. The second kappa shape index (κ2) is 6.75. The molecule has 3 nitrogen and oxygen atoms in total. The molecule has 0 saturated carbocycles. The Hall–Kier alpha value is -2.07. The van der Waals surface area contributed by atoms with Crippen LogP contribution in [0.4, 0.5) is 5.69 Å². The molecule has 0 amide bonds. The van der Waals surface area contributed by atoms with Crippen LogP contribution in [0.2, 0.25) is 0 Å². The molecule has 3 N–H and O–H groups in total. The molecule has 19 heavy (non-hydrogen) atoms. The van der Waals surface area contributed by atoms with E-state index in [9.17, 15) is 0 Å². The van der Waals surface area contributed by atoms with Gasteiger partial charge in [0.2, 0.25) is 0 Å². The number of rotatable bonds is 5. The summed E-state index contributed by atoms with van der Waals surface area (Å²) in [7, 11) is 0. The van der Waals surface area contributed by atoms with E-state index >= 15 is 0 Å². The summed E-state index contributed by atoms with van der Waals surface area (Å²) in [5.41, 5.74) is 7.53. The van der Waals surface area contributed by atoms with Crippen molar-refractivity contribution >= 4 is 23.0 Å². The molecule has 2 rings (SSSR count). The second-order valence-corrected chi connectivity index (χ2v) is 4.54. The Labute approximate surface area is 118 Å². The zero-order chi connectivity index (χ0) is 13.5. The number of nitrogens with two attached hydrogens (primary N) is 1. The van der Waals surface area contributed by atoms with Crippen LogP contribution in [-0.2, 0) is 6.42 Å². The highest BCUT2D eigenvalue weighted by molar-refractivity contribution is 7.80. The van der Waals surface area contributed by atoms with E-state index in [-0.39, 0.29) is 5.11 Å². The van der Waals surface area contributed by atoms with Crippen LogP contribution in [0.25, 0.3) is 0 Å². The lowest BCUT2D eigenvalue weighted by Gasteiger charge is -2.09. The Bertz CT molecular complexity index is 543. The van der Waals surface area contributed by atoms with Crippen LogP contribution in [-0.4, -0.2) is 11.7 Å². The molecular weight excluding hydrogens is 256 g/mol. The van der Waals surface area contributed by atoms with Gasteiger partial charge in [-0.05, 0) is 29.9 Å². The number of benzene rings is 2. The van der Waals surface area contributed by atoms with Gasteiger partial charge in [0.1, 0.15) is 5.75 Å². The van der Waals surface area contributed by atoms with Crippen LogP contribution in [0.1, 0.15) is 5.56 Å². The predicted octanol–water partition coefficient (Wildman–Crippen LogP) is 2.96. The Balaban J connectivity index is 1.87. The first-order chi connectivity index (χ1) is 9.24. The maximum atomic E-state index is 5.71. The number of thiocarbonyl (C=S) groups is 1. The van der Waals surface area contributed by atoms with Gasteiger partial charge in [-0.15, -0.1) is 0 Å². The van der Waals surface area contributed by atoms with Crippen molar-refractivity contribution < 1.29 is 4.74 Å². The van der Waals surface area contributed by atoms with Crippen molar-refractivity contribution in [2.24, 2.45) is 5.73 Å².